The summed E-state index contributed by atoms with van der Waals surface area (Å²) in [7, 11) is 1.30. The average molecular weight is 376 g/mol. The summed E-state index contributed by atoms with van der Waals surface area (Å²) in [6, 6.07) is 8.01. The first-order chi connectivity index (χ1) is 13.0. The predicted molar refractivity (Wildman–Crippen MR) is 99.8 cm³/mol. The standard InChI is InChI=1S/C20H28N2O5/c1-4-14(2)17(19(24)26-3)21-18(23)16-11-8-12-22(16)20(25)27-13-15-9-6-5-7-10-15/h5-7,9-10,14,16-17H,4,8,11-13H2,1-3H3,(H,21,23)/t14-,16+,17+/m0/s1. The minimum absolute atomic E-state index is 0.0683. The Morgan fingerprint density at radius 1 is 1.26 bits per heavy atom. The summed E-state index contributed by atoms with van der Waals surface area (Å²) < 4.78 is 10.2. The van der Waals surface area contributed by atoms with Gasteiger partial charge in [0, 0.05) is 6.54 Å². The second-order valence-corrected chi connectivity index (χ2v) is 6.79. The molecule has 148 valence electrons. The van der Waals surface area contributed by atoms with Crippen molar-refractivity contribution in [3.63, 3.8) is 0 Å². The zero-order chi connectivity index (χ0) is 19.8. The van der Waals surface area contributed by atoms with Crippen molar-refractivity contribution in [1.29, 1.82) is 0 Å². The Hall–Kier alpha value is -2.57. The molecule has 1 N–H and O–H groups in total. The minimum Gasteiger partial charge on any atom is -0.467 e. The quantitative estimate of drug-likeness (QED) is 0.739. The van der Waals surface area contributed by atoms with Crippen LogP contribution in [-0.2, 0) is 25.7 Å². The van der Waals surface area contributed by atoms with Gasteiger partial charge >= 0.3 is 12.1 Å². The van der Waals surface area contributed by atoms with E-state index in [2.05, 4.69) is 5.32 Å². The molecule has 1 saturated heterocycles. The van der Waals surface area contributed by atoms with Crippen molar-refractivity contribution in [2.75, 3.05) is 13.7 Å². The number of rotatable bonds is 7. The molecule has 1 fully saturated rings. The Morgan fingerprint density at radius 3 is 2.59 bits per heavy atom. The maximum absolute atomic E-state index is 12.7. The molecule has 1 aliphatic rings. The average Bonchev–Trinajstić information content (AvgIpc) is 3.19. The van der Waals surface area contributed by atoms with Crippen molar-refractivity contribution < 1.29 is 23.9 Å². The topological polar surface area (TPSA) is 84.9 Å². The fourth-order valence-electron chi connectivity index (χ4n) is 3.11. The molecule has 3 atom stereocenters. The lowest BCUT2D eigenvalue weighted by molar-refractivity contribution is -0.147. The molecule has 0 bridgehead atoms. The predicted octanol–water partition coefficient (Wildman–Crippen LogP) is 2.49. The van der Waals surface area contributed by atoms with E-state index >= 15 is 0 Å². The molecular formula is C20H28N2O5. The Bertz CT molecular complexity index is 649. The maximum atomic E-state index is 12.7. The highest BCUT2D eigenvalue weighted by Crippen LogP contribution is 2.20. The van der Waals surface area contributed by atoms with Gasteiger partial charge in [0.15, 0.2) is 0 Å². The number of nitrogens with one attached hydrogen (secondary N) is 1. The van der Waals surface area contributed by atoms with E-state index < -0.39 is 24.1 Å². The van der Waals surface area contributed by atoms with Gasteiger partial charge in [0.25, 0.3) is 0 Å². The Labute approximate surface area is 160 Å². The summed E-state index contributed by atoms with van der Waals surface area (Å²) >= 11 is 0. The van der Waals surface area contributed by atoms with Crippen molar-refractivity contribution in [3.8, 4) is 0 Å². The summed E-state index contributed by atoms with van der Waals surface area (Å²) in [5.41, 5.74) is 0.883. The van der Waals surface area contributed by atoms with Gasteiger partial charge in [-0.3, -0.25) is 9.69 Å². The molecule has 1 aromatic carbocycles. The van der Waals surface area contributed by atoms with Crippen molar-refractivity contribution >= 4 is 18.0 Å². The van der Waals surface area contributed by atoms with E-state index in [1.807, 2.05) is 44.2 Å². The van der Waals surface area contributed by atoms with E-state index in [4.69, 9.17) is 9.47 Å². The molecule has 7 heteroatoms. The van der Waals surface area contributed by atoms with Crippen LogP contribution in [0.3, 0.4) is 0 Å². The number of amides is 2. The zero-order valence-electron chi connectivity index (χ0n) is 16.1. The van der Waals surface area contributed by atoms with Crippen LogP contribution in [0.1, 0.15) is 38.7 Å². The van der Waals surface area contributed by atoms with E-state index in [1.54, 1.807) is 0 Å². The van der Waals surface area contributed by atoms with Crippen LogP contribution in [0.25, 0.3) is 0 Å². The normalized spacial score (nSPS) is 18.5. The first kappa shape index (κ1) is 20.7. The molecule has 0 aromatic heterocycles. The summed E-state index contributed by atoms with van der Waals surface area (Å²) in [5, 5.41) is 2.76. The van der Waals surface area contributed by atoms with Crippen LogP contribution in [0.5, 0.6) is 0 Å². The second kappa shape index (κ2) is 9.94. The van der Waals surface area contributed by atoms with Crippen LogP contribution in [0, 0.1) is 5.92 Å². The van der Waals surface area contributed by atoms with Crippen LogP contribution < -0.4 is 5.32 Å². The number of ether oxygens (including phenoxy) is 2. The highest BCUT2D eigenvalue weighted by Gasteiger charge is 2.37. The molecule has 2 amide bonds. The third kappa shape index (κ3) is 5.45. The van der Waals surface area contributed by atoms with Crippen LogP contribution in [-0.4, -0.2) is 48.6 Å². The molecule has 2 rings (SSSR count). The summed E-state index contributed by atoms with van der Waals surface area (Å²) in [6.45, 7) is 4.43. The number of esters is 1. The molecule has 27 heavy (non-hydrogen) atoms. The van der Waals surface area contributed by atoms with E-state index in [1.165, 1.54) is 12.0 Å². The SMILES string of the molecule is CC[C@H](C)[C@@H](NC(=O)[C@H]1CCCN1C(=O)OCc1ccccc1)C(=O)OC. The number of methoxy groups -OCH3 is 1. The van der Waals surface area contributed by atoms with Crippen molar-refractivity contribution in [1.82, 2.24) is 10.2 Å². The van der Waals surface area contributed by atoms with Gasteiger partial charge in [-0.05, 0) is 24.3 Å². The number of hydrogen-bond acceptors (Lipinski definition) is 5. The van der Waals surface area contributed by atoms with Crippen LogP contribution >= 0.6 is 0 Å². The van der Waals surface area contributed by atoms with Gasteiger partial charge in [-0.25, -0.2) is 9.59 Å². The van der Waals surface area contributed by atoms with Crippen molar-refractivity contribution in [2.24, 2.45) is 5.92 Å². The van der Waals surface area contributed by atoms with Gasteiger partial charge in [-0.15, -0.1) is 0 Å². The molecular weight excluding hydrogens is 348 g/mol. The third-order valence-electron chi connectivity index (χ3n) is 4.96. The van der Waals surface area contributed by atoms with Crippen molar-refractivity contribution in [2.45, 2.75) is 51.8 Å². The van der Waals surface area contributed by atoms with E-state index in [-0.39, 0.29) is 18.4 Å². The molecule has 7 nitrogen and oxygen atoms in total. The number of benzene rings is 1. The molecule has 0 saturated carbocycles. The lowest BCUT2D eigenvalue weighted by Gasteiger charge is -2.27. The van der Waals surface area contributed by atoms with Gasteiger partial charge in [-0.1, -0.05) is 50.6 Å². The highest BCUT2D eigenvalue weighted by atomic mass is 16.6. The van der Waals surface area contributed by atoms with Gasteiger partial charge < -0.3 is 14.8 Å². The van der Waals surface area contributed by atoms with Gasteiger partial charge in [0.1, 0.15) is 18.7 Å². The first-order valence-corrected chi connectivity index (χ1v) is 9.33. The lowest BCUT2D eigenvalue weighted by atomic mass is 9.98. The van der Waals surface area contributed by atoms with Gasteiger partial charge in [-0.2, -0.15) is 0 Å². The first-order valence-electron chi connectivity index (χ1n) is 9.33. The molecule has 0 aliphatic carbocycles. The number of nitrogens with zero attached hydrogens (tertiary/aromatic N) is 1. The largest absolute Gasteiger partial charge is 0.467 e. The molecule has 0 radical (unpaired) electrons. The molecule has 1 aromatic rings. The summed E-state index contributed by atoms with van der Waals surface area (Å²) in [4.78, 5) is 38.6. The number of hydrogen-bond donors (Lipinski definition) is 1. The monoisotopic (exact) mass is 376 g/mol. The summed E-state index contributed by atoms with van der Waals surface area (Å²) in [5.74, 6) is -0.893. The Balaban J connectivity index is 1.97. The number of likely N-dealkylation sites (tertiary alicyclic amines) is 1. The maximum Gasteiger partial charge on any atom is 0.410 e. The van der Waals surface area contributed by atoms with Crippen LogP contribution in [0.2, 0.25) is 0 Å². The molecule has 0 spiro atoms. The van der Waals surface area contributed by atoms with Gasteiger partial charge in [0.2, 0.25) is 5.91 Å². The van der Waals surface area contributed by atoms with Crippen LogP contribution in [0.4, 0.5) is 4.79 Å². The summed E-state index contributed by atoms with van der Waals surface area (Å²) in [6.07, 6.45) is 1.45. The van der Waals surface area contributed by atoms with Crippen LogP contribution in [0.15, 0.2) is 30.3 Å². The lowest BCUT2D eigenvalue weighted by Crippen LogP contribution is -2.53. The molecule has 0 unspecified atom stereocenters. The Kier molecular flexibility index (Phi) is 7.64. The Morgan fingerprint density at radius 2 is 1.96 bits per heavy atom. The van der Waals surface area contributed by atoms with E-state index in [0.717, 1.165) is 5.56 Å². The van der Waals surface area contributed by atoms with Crippen molar-refractivity contribution in [3.05, 3.63) is 35.9 Å². The smallest absolute Gasteiger partial charge is 0.410 e. The fourth-order valence-corrected chi connectivity index (χ4v) is 3.11. The highest BCUT2D eigenvalue weighted by molar-refractivity contribution is 5.90. The fraction of sp³-hybridized carbons (Fsp3) is 0.550. The number of carbonyl (C=O) groups excluding carboxylic acids is 3. The van der Waals surface area contributed by atoms with E-state index in [9.17, 15) is 14.4 Å². The number of carbonyl (C=O) groups is 3. The molecule has 1 heterocycles. The molecule has 1 aliphatic heterocycles. The minimum atomic E-state index is -0.727. The third-order valence-corrected chi connectivity index (χ3v) is 4.96. The van der Waals surface area contributed by atoms with E-state index in [0.29, 0.717) is 25.8 Å². The van der Waals surface area contributed by atoms with Gasteiger partial charge in [0.05, 0.1) is 7.11 Å². The zero-order valence-corrected chi connectivity index (χ0v) is 16.1. The second-order valence-electron chi connectivity index (χ2n) is 6.79.